The molecule has 0 saturated carbocycles. The number of hydrogen-bond donors (Lipinski definition) is 1. The Morgan fingerprint density at radius 1 is 0.971 bits per heavy atom. The summed E-state index contributed by atoms with van der Waals surface area (Å²) in [5, 5.41) is 2.27. The molecule has 0 fully saturated rings. The van der Waals surface area contributed by atoms with Gasteiger partial charge >= 0.3 is 0 Å². The van der Waals surface area contributed by atoms with Crippen molar-refractivity contribution in [2.75, 3.05) is 7.11 Å². The van der Waals surface area contributed by atoms with Crippen LogP contribution in [0.5, 0.6) is 0 Å². The first-order chi connectivity index (χ1) is 16.8. The van der Waals surface area contributed by atoms with Gasteiger partial charge in [-0.05, 0) is 67.5 Å². The predicted molar refractivity (Wildman–Crippen MR) is 143 cm³/mol. The highest BCUT2D eigenvalue weighted by molar-refractivity contribution is 6.31. The van der Waals surface area contributed by atoms with E-state index in [0.717, 1.165) is 65.7 Å². The van der Waals surface area contributed by atoms with E-state index in [2.05, 4.69) is 21.0 Å². The van der Waals surface area contributed by atoms with Crippen molar-refractivity contribution in [3.8, 4) is 0 Å². The normalized spacial score (nSPS) is 12.1. The summed E-state index contributed by atoms with van der Waals surface area (Å²) in [6.45, 7) is 1.91. The van der Waals surface area contributed by atoms with E-state index in [1.165, 1.54) is 12.7 Å². The highest BCUT2D eigenvalue weighted by atomic mass is 35.5. The molecule has 5 nitrogen and oxygen atoms in total. The van der Waals surface area contributed by atoms with Crippen LogP contribution in [0.15, 0.2) is 42.5 Å². The van der Waals surface area contributed by atoms with E-state index in [4.69, 9.17) is 23.2 Å². The molecule has 1 heterocycles. The van der Waals surface area contributed by atoms with Crippen molar-refractivity contribution in [1.29, 1.82) is 0 Å². The number of unbranched alkanes of at least 4 members (excludes halogenated alkanes) is 3. The number of benzene rings is 2. The maximum atomic E-state index is 13.4. The van der Waals surface area contributed by atoms with Gasteiger partial charge in [-0.1, -0.05) is 55.1 Å². The minimum absolute atomic E-state index is 0.0477. The van der Waals surface area contributed by atoms with Crippen molar-refractivity contribution < 1.29 is 14.4 Å². The van der Waals surface area contributed by atoms with E-state index < -0.39 is 0 Å². The highest BCUT2D eigenvalue weighted by Gasteiger charge is 2.23. The minimum atomic E-state index is -0.230. The van der Waals surface area contributed by atoms with Crippen LogP contribution in [-0.4, -0.2) is 23.4 Å². The first-order valence-corrected chi connectivity index (χ1v) is 12.9. The largest absolute Gasteiger partial charge is 0.347 e. The first-order valence-electron chi connectivity index (χ1n) is 12.2. The van der Waals surface area contributed by atoms with Crippen LogP contribution in [0.2, 0.25) is 10.0 Å². The van der Waals surface area contributed by atoms with Crippen LogP contribution in [0.3, 0.4) is 0 Å². The van der Waals surface area contributed by atoms with Gasteiger partial charge in [-0.3, -0.25) is 14.4 Å². The molecule has 0 bridgehead atoms. The van der Waals surface area contributed by atoms with E-state index in [9.17, 15) is 9.59 Å². The Morgan fingerprint density at radius 3 is 2.40 bits per heavy atom. The molecule has 0 aliphatic carbocycles. The molecule has 1 amide bonds. The average molecular weight is 517 g/mol. The summed E-state index contributed by atoms with van der Waals surface area (Å²) >= 11 is 12.4. The van der Waals surface area contributed by atoms with Crippen LogP contribution in [0.25, 0.3) is 10.9 Å². The molecule has 0 saturated heterocycles. The number of carbonyl (C=O) groups is 2. The number of hydroxylamine groups is 1. The molecule has 3 rings (SSSR count). The molecule has 2 aromatic carbocycles. The molecular formula is C28H34Cl2N2O3. The highest BCUT2D eigenvalue weighted by Crippen LogP contribution is 2.31. The molecule has 0 spiro atoms. The lowest BCUT2D eigenvalue weighted by atomic mass is 9.94. The summed E-state index contributed by atoms with van der Waals surface area (Å²) in [6, 6.07) is 13.7. The van der Waals surface area contributed by atoms with Gasteiger partial charge in [-0.2, -0.15) is 0 Å². The van der Waals surface area contributed by atoms with Gasteiger partial charge in [0.1, 0.15) is 0 Å². The Balaban J connectivity index is 1.66. The molecular weight excluding hydrogens is 483 g/mol. The van der Waals surface area contributed by atoms with Crippen LogP contribution < -0.4 is 5.48 Å². The number of Topliss-reactive ketones (excluding diaryl/α,β-unsaturated/α-hetero) is 1. The van der Waals surface area contributed by atoms with Gasteiger partial charge in [0.25, 0.3) is 0 Å². The van der Waals surface area contributed by atoms with E-state index in [1.807, 2.05) is 50.4 Å². The van der Waals surface area contributed by atoms with Crippen LogP contribution in [0.1, 0.15) is 67.1 Å². The number of nitrogens with zero attached hydrogens (tertiary/aromatic N) is 1. The molecule has 3 aromatic rings. The fraction of sp³-hybridized carbons (Fsp3) is 0.429. The number of hydrogen-bond acceptors (Lipinski definition) is 3. The fourth-order valence-electron chi connectivity index (χ4n) is 4.70. The number of halogens is 2. The molecule has 7 heteroatoms. The van der Waals surface area contributed by atoms with Gasteiger partial charge in [-0.15, -0.1) is 0 Å². The van der Waals surface area contributed by atoms with Crippen molar-refractivity contribution in [3.05, 3.63) is 69.3 Å². The Bertz CT molecular complexity index is 1170. The number of carbonyl (C=O) groups excluding carboxylic acids is 2. The second kappa shape index (κ2) is 13.1. The monoisotopic (exact) mass is 516 g/mol. The number of aromatic nitrogens is 1. The molecule has 0 radical (unpaired) electrons. The number of ketones is 1. The van der Waals surface area contributed by atoms with E-state index in [0.29, 0.717) is 5.02 Å². The van der Waals surface area contributed by atoms with Crippen molar-refractivity contribution in [3.63, 3.8) is 0 Å². The lowest BCUT2D eigenvalue weighted by molar-refractivity contribution is -0.132. The van der Waals surface area contributed by atoms with Crippen molar-refractivity contribution in [2.45, 2.75) is 58.3 Å². The maximum absolute atomic E-state index is 13.4. The molecule has 1 N–H and O–H groups in total. The quantitative estimate of drug-likeness (QED) is 0.149. The third-order valence-electron chi connectivity index (χ3n) is 6.36. The lowest BCUT2D eigenvalue weighted by Crippen LogP contribution is -2.24. The van der Waals surface area contributed by atoms with Crippen molar-refractivity contribution in [1.82, 2.24) is 10.0 Å². The number of fused-ring (bicyclic) bond motifs is 1. The Morgan fingerprint density at radius 2 is 1.69 bits per heavy atom. The predicted octanol–water partition coefficient (Wildman–Crippen LogP) is 7.11. The lowest BCUT2D eigenvalue weighted by Gasteiger charge is -2.12. The second-order valence-corrected chi connectivity index (χ2v) is 10.1. The van der Waals surface area contributed by atoms with Crippen molar-refractivity contribution in [2.24, 2.45) is 13.0 Å². The van der Waals surface area contributed by atoms with Gasteiger partial charge in [0.05, 0.1) is 7.11 Å². The van der Waals surface area contributed by atoms with Gasteiger partial charge in [0, 0.05) is 52.1 Å². The topological polar surface area (TPSA) is 60.3 Å². The second-order valence-electron chi connectivity index (χ2n) is 9.25. The number of rotatable bonds is 13. The van der Waals surface area contributed by atoms with Gasteiger partial charge in [0.15, 0.2) is 5.78 Å². The molecule has 0 aliphatic heterocycles. The van der Waals surface area contributed by atoms with Crippen LogP contribution >= 0.6 is 23.2 Å². The standard InChI is InChI=1S/C28H34Cl2N2O3/c1-19(16-27(34)31-35-3)15-26(33)28-23-18-22(30)13-14-24(23)32(2)25(28)12-7-5-4-6-9-20-10-8-11-21(29)17-20/h8,10-11,13-14,17-19H,4-7,9,12,15-16H2,1-3H3,(H,31,34)/t19-/m0/s1. The first kappa shape index (κ1) is 27.3. The number of amides is 1. The smallest absolute Gasteiger partial charge is 0.243 e. The van der Waals surface area contributed by atoms with E-state index in [1.54, 1.807) is 0 Å². The SMILES string of the molecule is CONC(=O)C[C@@H](C)CC(=O)c1c(CCCCCCc2cccc(Cl)c2)n(C)c2ccc(Cl)cc12. The van der Waals surface area contributed by atoms with E-state index in [-0.39, 0.29) is 30.4 Å². The summed E-state index contributed by atoms with van der Waals surface area (Å²) in [5.74, 6) is -0.287. The number of nitrogens with one attached hydrogen (secondary N) is 1. The Hall–Kier alpha value is -2.34. The summed E-state index contributed by atoms with van der Waals surface area (Å²) < 4.78 is 2.12. The van der Waals surface area contributed by atoms with Gasteiger partial charge in [-0.25, -0.2) is 5.48 Å². The van der Waals surface area contributed by atoms with Gasteiger partial charge < -0.3 is 4.57 Å². The zero-order chi connectivity index (χ0) is 25.4. The minimum Gasteiger partial charge on any atom is -0.347 e. The summed E-state index contributed by atoms with van der Waals surface area (Å²) in [6.07, 6.45) is 6.67. The van der Waals surface area contributed by atoms with Crippen molar-refractivity contribution >= 4 is 45.8 Å². The Kier molecular flexibility index (Phi) is 10.2. The van der Waals surface area contributed by atoms with Crippen LogP contribution in [0, 0.1) is 5.92 Å². The number of aryl methyl sites for hydroxylation is 2. The molecule has 0 unspecified atom stereocenters. The third-order valence-corrected chi connectivity index (χ3v) is 6.83. The average Bonchev–Trinajstić information content (AvgIpc) is 3.07. The van der Waals surface area contributed by atoms with Crippen LogP contribution in [-0.2, 0) is 29.5 Å². The third kappa shape index (κ3) is 7.57. The summed E-state index contributed by atoms with van der Waals surface area (Å²) in [4.78, 5) is 30.0. The molecule has 1 atom stereocenters. The zero-order valence-electron chi connectivity index (χ0n) is 20.7. The maximum Gasteiger partial charge on any atom is 0.243 e. The Labute approximate surface area is 217 Å². The van der Waals surface area contributed by atoms with Crippen LogP contribution in [0.4, 0.5) is 0 Å². The van der Waals surface area contributed by atoms with Gasteiger partial charge in [0.2, 0.25) is 5.91 Å². The molecule has 0 aliphatic rings. The molecule has 188 valence electrons. The zero-order valence-corrected chi connectivity index (χ0v) is 22.2. The molecule has 1 aromatic heterocycles. The fourth-order valence-corrected chi connectivity index (χ4v) is 5.09. The molecule has 35 heavy (non-hydrogen) atoms. The summed E-state index contributed by atoms with van der Waals surface area (Å²) in [5.41, 5.74) is 6.36. The van der Waals surface area contributed by atoms with E-state index >= 15 is 0 Å². The summed E-state index contributed by atoms with van der Waals surface area (Å²) in [7, 11) is 3.41.